The number of amides is 1. The number of carbonyl (C=O) groups is 1. The van der Waals surface area contributed by atoms with Crippen molar-refractivity contribution in [1.82, 2.24) is 0 Å². The van der Waals surface area contributed by atoms with Gasteiger partial charge in [0.25, 0.3) is 0 Å². The van der Waals surface area contributed by atoms with Gasteiger partial charge in [-0.25, -0.2) is 0 Å². The molecule has 1 N–H and O–H groups in total. The van der Waals surface area contributed by atoms with E-state index < -0.39 is 0 Å². The zero-order valence-corrected chi connectivity index (χ0v) is 10.2. The van der Waals surface area contributed by atoms with Crippen LogP contribution in [-0.4, -0.2) is 5.91 Å². The Morgan fingerprint density at radius 2 is 1.72 bits per heavy atom. The van der Waals surface area contributed by atoms with Crippen LogP contribution < -0.4 is 10.1 Å². The van der Waals surface area contributed by atoms with E-state index in [2.05, 4.69) is 5.32 Å². The van der Waals surface area contributed by atoms with Crippen LogP contribution in [0.4, 0.5) is 5.69 Å². The van der Waals surface area contributed by atoms with E-state index in [1.807, 2.05) is 54.6 Å². The van der Waals surface area contributed by atoms with Gasteiger partial charge in [-0.05, 0) is 29.8 Å². The molecule has 0 spiro atoms. The minimum Gasteiger partial charge on any atom is -0.489 e. The minimum absolute atomic E-state index is 0.0760. The molecule has 0 heterocycles. The maximum absolute atomic E-state index is 10.9. The molecule has 3 nitrogen and oxygen atoms in total. The second kappa shape index (κ2) is 5.87. The lowest BCUT2D eigenvalue weighted by atomic mass is 10.2. The van der Waals surface area contributed by atoms with Crippen molar-refractivity contribution < 1.29 is 9.53 Å². The van der Waals surface area contributed by atoms with Gasteiger partial charge in [0.15, 0.2) is 0 Å². The predicted molar refractivity (Wildman–Crippen MR) is 71.5 cm³/mol. The van der Waals surface area contributed by atoms with Crippen LogP contribution in [-0.2, 0) is 11.4 Å². The van der Waals surface area contributed by atoms with Gasteiger partial charge >= 0.3 is 0 Å². The summed E-state index contributed by atoms with van der Waals surface area (Å²) >= 11 is 0. The molecule has 18 heavy (non-hydrogen) atoms. The highest BCUT2D eigenvalue weighted by Crippen LogP contribution is 2.16. The third-order valence-corrected chi connectivity index (χ3v) is 2.42. The van der Waals surface area contributed by atoms with Crippen LogP contribution in [0.5, 0.6) is 5.75 Å². The molecule has 0 atom stereocenters. The molecule has 0 aliphatic heterocycles. The van der Waals surface area contributed by atoms with Crippen LogP contribution in [0, 0.1) is 0 Å². The van der Waals surface area contributed by atoms with Crippen molar-refractivity contribution in [3.63, 3.8) is 0 Å². The van der Waals surface area contributed by atoms with Crippen molar-refractivity contribution in [3.05, 3.63) is 60.2 Å². The summed E-state index contributed by atoms with van der Waals surface area (Å²) in [7, 11) is 0. The lowest BCUT2D eigenvalue weighted by Gasteiger charge is -2.07. The van der Waals surface area contributed by atoms with Gasteiger partial charge in [-0.3, -0.25) is 4.79 Å². The Bertz CT molecular complexity index is 506. The fourth-order valence-corrected chi connectivity index (χ4v) is 1.58. The van der Waals surface area contributed by atoms with Crippen molar-refractivity contribution >= 4 is 11.6 Å². The first-order chi connectivity index (χ1) is 8.74. The van der Waals surface area contributed by atoms with Crippen molar-refractivity contribution in [3.8, 4) is 5.75 Å². The third-order valence-electron chi connectivity index (χ3n) is 2.42. The number of nitrogens with one attached hydrogen (secondary N) is 1. The zero-order valence-electron chi connectivity index (χ0n) is 10.2. The van der Waals surface area contributed by atoms with Gasteiger partial charge in [-0.15, -0.1) is 0 Å². The molecule has 0 aromatic heterocycles. The molecule has 2 aromatic carbocycles. The zero-order chi connectivity index (χ0) is 12.8. The Labute approximate surface area is 106 Å². The highest BCUT2D eigenvalue weighted by Gasteiger charge is 1.97. The highest BCUT2D eigenvalue weighted by atomic mass is 16.5. The van der Waals surface area contributed by atoms with Crippen LogP contribution in [0.3, 0.4) is 0 Å². The maximum atomic E-state index is 10.9. The summed E-state index contributed by atoms with van der Waals surface area (Å²) < 4.78 is 5.64. The number of rotatable bonds is 4. The molecule has 0 unspecified atom stereocenters. The van der Waals surface area contributed by atoms with Crippen LogP contribution in [0.2, 0.25) is 0 Å². The summed E-state index contributed by atoms with van der Waals surface area (Å²) in [6.45, 7) is 2.03. The smallest absolute Gasteiger partial charge is 0.221 e. The van der Waals surface area contributed by atoms with Gasteiger partial charge in [0, 0.05) is 12.6 Å². The lowest BCUT2D eigenvalue weighted by molar-refractivity contribution is -0.114. The van der Waals surface area contributed by atoms with Crippen LogP contribution in [0.1, 0.15) is 12.5 Å². The highest BCUT2D eigenvalue weighted by molar-refractivity contribution is 5.88. The van der Waals surface area contributed by atoms with Crippen LogP contribution in [0.25, 0.3) is 0 Å². The molecule has 92 valence electrons. The average molecular weight is 241 g/mol. The first-order valence-electron chi connectivity index (χ1n) is 5.78. The van der Waals surface area contributed by atoms with E-state index in [4.69, 9.17) is 4.74 Å². The maximum Gasteiger partial charge on any atom is 0.221 e. The first kappa shape index (κ1) is 12.2. The van der Waals surface area contributed by atoms with Crippen molar-refractivity contribution in [2.24, 2.45) is 0 Å². The quantitative estimate of drug-likeness (QED) is 0.892. The average Bonchev–Trinajstić information content (AvgIpc) is 2.38. The predicted octanol–water partition coefficient (Wildman–Crippen LogP) is 3.22. The van der Waals surface area contributed by atoms with Gasteiger partial charge in [0.2, 0.25) is 5.91 Å². The molecule has 2 aromatic rings. The van der Waals surface area contributed by atoms with E-state index in [0.29, 0.717) is 6.61 Å². The van der Waals surface area contributed by atoms with Gasteiger partial charge in [-0.2, -0.15) is 0 Å². The largest absolute Gasteiger partial charge is 0.489 e. The summed E-state index contributed by atoms with van der Waals surface area (Å²) in [6.07, 6.45) is 0. The second-order valence-corrected chi connectivity index (χ2v) is 3.98. The number of carbonyl (C=O) groups excluding carboxylic acids is 1. The molecule has 0 saturated carbocycles. The van der Waals surface area contributed by atoms with Gasteiger partial charge in [0.05, 0.1) is 0 Å². The minimum atomic E-state index is -0.0760. The van der Waals surface area contributed by atoms with Crippen LogP contribution in [0.15, 0.2) is 54.6 Å². The Balaban J connectivity index is 1.92. The van der Waals surface area contributed by atoms with Gasteiger partial charge in [0.1, 0.15) is 12.4 Å². The summed E-state index contributed by atoms with van der Waals surface area (Å²) in [5.74, 6) is 0.709. The first-order valence-corrected chi connectivity index (χ1v) is 5.78. The number of benzene rings is 2. The molecule has 0 saturated heterocycles. The van der Waals surface area contributed by atoms with E-state index in [1.165, 1.54) is 6.92 Å². The fraction of sp³-hybridized carbons (Fsp3) is 0.133. The Morgan fingerprint density at radius 1 is 1.06 bits per heavy atom. The summed E-state index contributed by atoms with van der Waals surface area (Å²) in [5.41, 5.74) is 1.90. The summed E-state index contributed by atoms with van der Waals surface area (Å²) in [5, 5.41) is 2.71. The van der Waals surface area contributed by atoms with Crippen molar-refractivity contribution in [2.75, 3.05) is 5.32 Å². The molecule has 1 amide bonds. The molecule has 0 aliphatic rings. The lowest BCUT2D eigenvalue weighted by Crippen LogP contribution is -2.05. The summed E-state index contributed by atoms with van der Waals surface area (Å²) in [6, 6.07) is 17.3. The molecular weight excluding hydrogens is 226 g/mol. The molecular formula is C15H15NO2. The number of hydrogen-bond donors (Lipinski definition) is 1. The van der Waals surface area contributed by atoms with Gasteiger partial charge in [-0.1, -0.05) is 30.3 Å². The molecule has 0 bridgehead atoms. The topological polar surface area (TPSA) is 38.3 Å². The molecule has 2 rings (SSSR count). The van der Waals surface area contributed by atoms with E-state index in [0.717, 1.165) is 17.0 Å². The van der Waals surface area contributed by atoms with E-state index in [-0.39, 0.29) is 5.91 Å². The third kappa shape index (κ3) is 3.63. The molecule has 0 aliphatic carbocycles. The SMILES string of the molecule is CC(=O)Nc1ccc(OCc2ccccc2)cc1. The molecule has 0 fully saturated rings. The van der Waals surface area contributed by atoms with E-state index in [1.54, 1.807) is 0 Å². The van der Waals surface area contributed by atoms with Crippen molar-refractivity contribution in [1.29, 1.82) is 0 Å². The van der Waals surface area contributed by atoms with E-state index in [9.17, 15) is 4.79 Å². The number of hydrogen-bond acceptors (Lipinski definition) is 2. The monoisotopic (exact) mass is 241 g/mol. The Kier molecular flexibility index (Phi) is 3.97. The van der Waals surface area contributed by atoms with E-state index >= 15 is 0 Å². The summed E-state index contributed by atoms with van der Waals surface area (Å²) in [4.78, 5) is 10.9. The normalized spacial score (nSPS) is 9.83. The van der Waals surface area contributed by atoms with Crippen LogP contribution >= 0.6 is 0 Å². The van der Waals surface area contributed by atoms with Crippen molar-refractivity contribution in [2.45, 2.75) is 13.5 Å². The van der Waals surface area contributed by atoms with Gasteiger partial charge < -0.3 is 10.1 Å². The molecule has 0 radical (unpaired) electrons. The second-order valence-electron chi connectivity index (χ2n) is 3.98. The Hall–Kier alpha value is -2.29. The number of anilines is 1. The number of ether oxygens (including phenoxy) is 1. The Morgan fingerprint density at radius 3 is 2.33 bits per heavy atom. The standard InChI is InChI=1S/C15H15NO2/c1-12(17)16-14-7-9-15(10-8-14)18-11-13-5-3-2-4-6-13/h2-10H,11H2,1H3,(H,16,17). The molecule has 3 heteroatoms. The fourth-order valence-electron chi connectivity index (χ4n) is 1.58.